The lowest BCUT2D eigenvalue weighted by Crippen LogP contribution is -2.50. The van der Waals surface area contributed by atoms with Gasteiger partial charge in [-0.05, 0) is 73.6 Å². The largest absolute Gasteiger partial charge is 0.508 e. The number of ketones is 1. The summed E-state index contributed by atoms with van der Waals surface area (Å²) in [6.45, 7) is 11.1. The number of hydrogen-bond donors (Lipinski definition) is 1. The number of phenols is 1. The molecule has 0 radical (unpaired) electrons. The first-order valence-electron chi connectivity index (χ1n) is 9.17. The molecule has 2 nitrogen and oxygen atoms in total. The van der Waals surface area contributed by atoms with E-state index in [1.807, 2.05) is 13.0 Å². The summed E-state index contributed by atoms with van der Waals surface area (Å²) in [5.74, 6) is 0.820. The van der Waals surface area contributed by atoms with Crippen LogP contribution in [0.1, 0.15) is 69.3 Å². The third-order valence-corrected chi connectivity index (χ3v) is 6.68. The van der Waals surface area contributed by atoms with Gasteiger partial charge in [0, 0.05) is 11.5 Å². The molecule has 0 aliphatic heterocycles. The predicted octanol–water partition coefficient (Wildman–Crippen LogP) is 5.68. The van der Waals surface area contributed by atoms with Crippen LogP contribution in [-0.4, -0.2) is 10.9 Å². The Morgan fingerprint density at radius 3 is 2.50 bits per heavy atom. The van der Waals surface area contributed by atoms with E-state index in [1.165, 1.54) is 18.4 Å². The lowest BCUT2D eigenvalue weighted by molar-refractivity contribution is -0.0294. The summed E-state index contributed by atoms with van der Waals surface area (Å²) in [7, 11) is 0. The van der Waals surface area contributed by atoms with Gasteiger partial charge in [-0.2, -0.15) is 0 Å². The van der Waals surface area contributed by atoms with Crippen molar-refractivity contribution in [1.29, 1.82) is 0 Å². The van der Waals surface area contributed by atoms with Crippen molar-refractivity contribution in [2.24, 2.45) is 22.7 Å². The molecule has 1 aromatic rings. The molecular weight excluding hydrogens is 296 g/mol. The lowest BCUT2D eigenvalue weighted by Gasteiger charge is -2.56. The van der Waals surface area contributed by atoms with Crippen LogP contribution in [0.2, 0.25) is 0 Å². The molecule has 0 bridgehead atoms. The van der Waals surface area contributed by atoms with Gasteiger partial charge in [-0.25, -0.2) is 0 Å². The van der Waals surface area contributed by atoms with Gasteiger partial charge in [0.1, 0.15) is 5.75 Å². The first-order valence-corrected chi connectivity index (χ1v) is 9.17. The van der Waals surface area contributed by atoms with Gasteiger partial charge in [0.15, 0.2) is 5.78 Å². The molecule has 1 aromatic carbocycles. The third-order valence-electron chi connectivity index (χ3n) is 6.68. The normalized spacial score (nSPS) is 32.0. The standard InChI is InChI=1S/C22H30O2/c1-14-11-16(13-17(23)12-14)20(24)19-15(2)7-8-18-21(3,4)9-6-10-22(18,19)5/h7,11-13,18-19,23H,6,8-10H2,1-5H3/t18-,19?,22-/m0/s1. The predicted molar refractivity (Wildman–Crippen MR) is 98.3 cm³/mol. The number of rotatable bonds is 2. The van der Waals surface area contributed by atoms with Gasteiger partial charge in [0.05, 0.1) is 0 Å². The summed E-state index contributed by atoms with van der Waals surface area (Å²) < 4.78 is 0. The van der Waals surface area contributed by atoms with Crippen LogP contribution in [0.15, 0.2) is 29.8 Å². The quantitative estimate of drug-likeness (QED) is 0.560. The summed E-state index contributed by atoms with van der Waals surface area (Å²) in [6.07, 6.45) is 6.92. The van der Waals surface area contributed by atoms with Gasteiger partial charge in [-0.3, -0.25) is 4.79 Å². The number of fused-ring (bicyclic) bond motifs is 1. The highest BCUT2D eigenvalue weighted by Crippen LogP contribution is 2.60. The summed E-state index contributed by atoms with van der Waals surface area (Å²) in [5, 5.41) is 9.92. The van der Waals surface area contributed by atoms with E-state index in [0.29, 0.717) is 11.5 Å². The molecule has 2 aliphatic rings. The van der Waals surface area contributed by atoms with Crippen LogP contribution in [0.4, 0.5) is 0 Å². The molecule has 130 valence electrons. The van der Waals surface area contributed by atoms with Gasteiger partial charge in [-0.1, -0.05) is 38.8 Å². The summed E-state index contributed by atoms with van der Waals surface area (Å²) in [5.41, 5.74) is 3.07. The minimum absolute atomic E-state index is 0.0109. The molecule has 0 saturated heterocycles. The Bertz CT molecular complexity index is 678. The molecule has 3 atom stereocenters. The molecule has 3 rings (SSSR count). The molecular formula is C22H30O2. The van der Waals surface area contributed by atoms with Crippen molar-refractivity contribution in [3.8, 4) is 5.75 Å². The average Bonchev–Trinajstić information content (AvgIpc) is 2.44. The van der Waals surface area contributed by atoms with Crippen molar-refractivity contribution in [2.75, 3.05) is 0 Å². The number of carbonyl (C=O) groups is 1. The molecule has 0 amide bonds. The molecule has 24 heavy (non-hydrogen) atoms. The van der Waals surface area contributed by atoms with Gasteiger partial charge in [0.2, 0.25) is 0 Å². The SMILES string of the molecule is CC1=CC[C@H]2C(C)(C)CCC[C@]2(C)C1C(=O)c1cc(C)cc(O)c1. The highest BCUT2D eigenvalue weighted by Gasteiger charge is 2.54. The van der Waals surface area contributed by atoms with E-state index in [9.17, 15) is 9.90 Å². The molecule has 1 saturated carbocycles. The number of hydrogen-bond acceptors (Lipinski definition) is 2. The van der Waals surface area contributed by atoms with Crippen LogP contribution in [-0.2, 0) is 0 Å². The zero-order chi connectivity index (χ0) is 17.7. The van der Waals surface area contributed by atoms with Crippen molar-refractivity contribution < 1.29 is 9.90 Å². The summed E-state index contributed by atoms with van der Waals surface area (Å²) >= 11 is 0. The number of Topliss-reactive ketones (excluding diaryl/α,β-unsaturated/α-hetero) is 1. The first-order chi connectivity index (χ1) is 11.1. The highest BCUT2D eigenvalue weighted by molar-refractivity contribution is 6.00. The monoisotopic (exact) mass is 326 g/mol. The smallest absolute Gasteiger partial charge is 0.170 e. The second-order valence-electron chi connectivity index (χ2n) is 8.94. The van der Waals surface area contributed by atoms with Crippen LogP contribution in [0.25, 0.3) is 0 Å². The Hall–Kier alpha value is -1.57. The number of aromatic hydroxyl groups is 1. The molecule has 1 fully saturated rings. The molecule has 2 aliphatic carbocycles. The maximum atomic E-state index is 13.4. The maximum absolute atomic E-state index is 13.4. The van der Waals surface area contributed by atoms with Crippen molar-refractivity contribution in [3.63, 3.8) is 0 Å². The second-order valence-corrected chi connectivity index (χ2v) is 8.94. The van der Waals surface area contributed by atoms with Crippen molar-refractivity contribution in [1.82, 2.24) is 0 Å². The Kier molecular flexibility index (Phi) is 4.14. The van der Waals surface area contributed by atoms with E-state index in [0.717, 1.165) is 18.4 Å². The zero-order valence-corrected chi connectivity index (χ0v) is 15.6. The Morgan fingerprint density at radius 2 is 1.83 bits per heavy atom. The fourth-order valence-corrected chi connectivity index (χ4v) is 5.62. The first kappa shape index (κ1) is 17.3. The summed E-state index contributed by atoms with van der Waals surface area (Å²) in [4.78, 5) is 13.4. The van der Waals surface area contributed by atoms with E-state index in [1.54, 1.807) is 12.1 Å². The van der Waals surface area contributed by atoms with Crippen LogP contribution >= 0.6 is 0 Å². The minimum atomic E-state index is -0.0722. The van der Waals surface area contributed by atoms with E-state index in [4.69, 9.17) is 0 Å². The van der Waals surface area contributed by atoms with Crippen LogP contribution in [0.5, 0.6) is 5.75 Å². The Balaban J connectivity index is 2.06. The zero-order valence-electron chi connectivity index (χ0n) is 15.6. The minimum Gasteiger partial charge on any atom is -0.508 e. The van der Waals surface area contributed by atoms with Gasteiger partial charge in [-0.15, -0.1) is 0 Å². The maximum Gasteiger partial charge on any atom is 0.170 e. The number of benzene rings is 1. The molecule has 1 unspecified atom stereocenters. The fourth-order valence-electron chi connectivity index (χ4n) is 5.62. The molecule has 1 N–H and O–H groups in total. The number of phenolic OH excluding ortho intramolecular Hbond substituents is 1. The molecule has 0 spiro atoms. The van der Waals surface area contributed by atoms with Gasteiger partial charge >= 0.3 is 0 Å². The number of aryl methyl sites for hydroxylation is 1. The topological polar surface area (TPSA) is 37.3 Å². The van der Waals surface area contributed by atoms with Crippen molar-refractivity contribution in [3.05, 3.63) is 41.0 Å². The van der Waals surface area contributed by atoms with Crippen LogP contribution < -0.4 is 0 Å². The van der Waals surface area contributed by atoms with Crippen molar-refractivity contribution >= 4 is 5.78 Å². The van der Waals surface area contributed by atoms with Gasteiger partial charge < -0.3 is 5.11 Å². The van der Waals surface area contributed by atoms with Crippen molar-refractivity contribution in [2.45, 2.75) is 60.3 Å². The Morgan fingerprint density at radius 1 is 1.12 bits per heavy atom. The third kappa shape index (κ3) is 2.70. The molecule has 2 heteroatoms. The Labute approximate surface area is 146 Å². The second kappa shape index (κ2) is 5.75. The van der Waals surface area contributed by atoms with Crippen LogP contribution in [0, 0.1) is 29.6 Å². The molecule has 0 aromatic heterocycles. The number of carbonyl (C=O) groups excluding carboxylic acids is 1. The van der Waals surface area contributed by atoms with Crippen LogP contribution in [0.3, 0.4) is 0 Å². The molecule has 0 heterocycles. The lowest BCUT2D eigenvalue weighted by atomic mass is 9.48. The average molecular weight is 326 g/mol. The van der Waals surface area contributed by atoms with Gasteiger partial charge in [0.25, 0.3) is 0 Å². The van der Waals surface area contributed by atoms with E-state index in [2.05, 4.69) is 33.8 Å². The van der Waals surface area contributed by atoms with E-state index in [-0.39, 0.29) is 28.3 Å². The highest BCUT2D eigenvalue weighted by atomic mass is 16.3. The summed E-state index contributed by atoms with van der Waals surface area (Å²) in [6, 6.07) is 5.24. The number of allylic oxidation sites excluding steroid dienone is 2. The van der Waals surface area contributed by atoms with E-state index < -0.39 is 0 Å². The van der Waals surface area contributed by atoms with E-state index >= 15 is 0 Å². The fraction of sp³-hybridized carbons (Fsp3) is 0.591.